The van der Waals surface area contributed by atoms with E-state index in [0.29, 0.717) is 23.0 Å². The highest BCUT2D eigenvalue weighted by Gasteiger charge is 2.06. The van der Waals surface area contributed by atoms with Crippen molar-refractivity contribution in [2.75, 3.05) is 6.61 Å². The van der Waals surface area contributed by atoms with Gasteiger partial charge in [-0.05, 0) is 6.07 Å². The van der Waals surface area contributed by atoms with Crippen LogP contribution in [0.3, 0.4) is 0 Å². The normalized spacial score (nSPS) is 10.4. The van der Waals surface area contributed by atoms with E-state index < -0.39 is 0 Å². The summed E-state index contributed by atoms with van der Waals surface area (Å²) in [6.45, 7) is 0.00759. The molecule has 5 heteroatoms. The number of hydrogen-bond donors (Lipinski definition) is 1. The molecule has 0 aliphatic carbocycles. The van der Waals surface area contributed by atoms with Crippen LogP contribution in [0.5, 0.6) is 0 Å². The van der Waals surface area contributed by atoms with Gasteiger partial charge in [-0.15, -0.1) is 5.10 Å². The fraction of sp³-hybridized carbons (Fsp3) is 0.182. The maximum Gasteiger partial charge on any atom is 0.153 e. The Kier molecular flexibility index (Phi) is 3.44. The Morgan fingerprint density at radius 2 is 2.06 bits per heavy atom. The Balaban J connectivity index is 2.40. The molecule has 2 rings (SSSR count). The summed E-state index contributed by atoms with van der Waals surface area (Å²) in [5.74, 6) is 0.514. The minimum Gasteiger partial charge on any atom is -0.396 e. The summed E-state index contributed by atoms with van der Waals surface area (Å²) in [6.07, 6.45) is 1.95. The van der Waals surface area contributed by atoms with Crippen LogP contribution in [-0.2, 0) is 6.42 Å². The molecule has 0 saturated carbocycles. The summed E-state index contributed by atoms with van der Waals surface area (Å²) in [5, 5.41) is 17.1. The van der Waals surface area contributed by atoms with Crippen molar-refractivity contribution in [3.05, 3.63) is 41.3 Å². The summed E-state index contributed by atoms with van der Waals surface area (Å²) >= 11 is 6.05. The van der Waals surface area contributed by atoms with Crippen LogP contribution in [0.15, 0.2) is 30.5 Å². The maximum absolute atomic E-state index is 8.80. The van der Waals surface area contributed by atoms with Crippen LogP contribution in [0.25, 0.3) is 11.3 Å². The standard InChI is InChI=1S/C11H10ClN3O/c12-9-4-2-1-3-8(9)10-7-13-15-11(14-10)5-6-16/h1-4,7,16H,5-6H2. The molecule has 1 heterocycles. The molecule has 0 aliphatic rings. The van der Waals surface area contributed by atoms with Crippen LogP contribution < -0.4 is 0 Å². The lowest BCUT2D eigenvalue weighted by molar-refractivity contribution is 0.296. The van der Waals surface area contributed by atoms with Gasteiger partial charge < -0.3 is 5.11 Å². The lowest BCUT2D eigenvalue weighted by atomic mass is 10.1. The summed E-state index contributed by atoms with van der Waals surface area (Å²) in [6, 6.07) is 7.41. The minimum absolute atomic E-state index is 0.00759. The van der Waals surface area contributed by atoms with Gasteiger partial charge in [0.05, 0.1) is 23.5 Å². The quantitative estimate of drug-likeness (QED) is 0.880. The minimum atomic E-state index is 0.00759. The van der Waals surface area contributed by atoms with E-state index in [9.17, 15) is 0 Å². The lowest BCUT2D eigenvalue weighted by Gasteiger charge is -2.03. The third-order valence-corrected chi connectivity index (χ3v) is 2.42. The van der Waals surface area contributed by atoms with Gasteiger partial charge in [0, 0.05) is 12.0 Å². The molecule has 0 unspecified atom stereocenters. The molecule has 4 nitrogen and oxygen atoms in total. The fourth-order valence-electron chi connectivity index (χ4n) is 1.35. The van der Waals surface area contributed by atoms with E-state index in [1.807, 2.05) is 18.2 Å². The summed E-state index contributed by atoms with van der Waals surface area (Å²) in [4.78, 5) is 4.28. The zero-order chi connectivity index (χ0) is 11.4. The Hall–Kier alpha value is -1.52. The van der Waals surface area contributed by atoms with Crippen LogP contribution >= 0.6 is 11.6 Å². The second-order valence-electron chi connectivity index (χ2n) is 3.21. The number of rotatable bonds is 3. The Morgan fingerprint density at radius 1 is 1.25 bits per heavy atom. The van der Waals surface area contributed by atoms with Crippen molar-refractivity contribution in [2.24, 2.45) is 0 Å². The Bertz CT molecular complexity index is 490. The number of nitrogens with zero attached hydrogens (tertiary/aromatic N) is 3. The van der Waals surface area contributed by atoms with Gasteiger partial charge >= 0.3 is 0 Å². The zero-order valence-electron chi connectivity index (χ0n) is 8.47. The first-order valence-electron chi connectivity index (χ1n) is 4.85. The van der Waals surface area contributed by atoms with E-state index in [2.05, 4.69) is 15.2 Å². The smallest absolute Gasteiger partial charge is 0.153 e. The molecule has 0 spiro atoms. The molecule has 2 aromatic rings. The lowest BCUT2D eigenvalue weighted by Crippen LogP contribution is -2.01. The molecule has 1 aromatic carbocycles. The SMILES string of the molecule is OCCc1nncc(-c2ccccc2Cl)n1. The Morgan fingerprint density at radius 3 is 2.81 bits per heavy atom. The van der Waals surface area contributed by atoms with Crippen LogP contribution in [-0.4, -0.2) is 26.9 Å². The van der Waals surface area contributed by atoms with Crippen LogP contribution in [0.4, 0.5) is 0 Å². The molecule has 1 N–H and O–H groups in total. The second-order valence-corrected chi connectivity index (χ2v) is 3.62. The van der Waals surface area contributed by atoms with Gasteiger partial charge in [0.25, 0.3) is 0 Å². The monoisotopic (exact) mass is 235 g/mol. The molecule has 0 aliphatic heterocycles. The molecular weight excluding hydrogens is 226 g/mol. The second kappa shape index (κ2) is 5.01. The maximum atomic E-state index is 8.80. The Labute approximate surface area is 97.9 Å². The van der Waals surface area contributed by atoms with Crippen molar-refractivity contribution >= 4 is 11.6 Å². The molecule has 0 fully saturated rings. The summed E-state index contributed by atoms with van der Waals surface area (Å²) < 4.78 is 0. The van der Waals surface area contributed by atoms with Gasteiger partial charge in [-0.25, -0.2) is 4.98 Å². The van der Waals surface area contributed by atoms with E-state index in [4.69, 9.17) is 16.7 Å². The van der Waals surface area contributed by atoms with Crippen molar-refractivity contribution in [2.45, 2.75) is 6.42 Å². The van der Waals surface area contributed by atoms with Crippen molar-refractivity contribution in [1.29, 1.82) is 0 Å². The van der Waals surface area contributed by atoms with Gasteiger partial charge in [-0.3, -0.25) is 0 Å². The van der Waals surface area contributed by atoms with Crippen molar-refractivity contribution < 1.29 is 5.11 Å². The van der Waals surface area contributed by atoms with Crippen LogP contribution in [0.1, 0.15) is 5.82 Å². The number of aliphatic hydroxyl groups is 1. The molecule has 1 aromatic heterocycles. The highest BCUT2D eigenvalue weighted by Crippen LogP contribution is 2.24. The van der Waals surface area contributed by atoms with E-state index in [-0.39, 0.29) is 6.61 Å². The predicted molar refractivity (Wildman–Crippen MR) is 61.1 cm³/mol. The largest absolute Gasteiger partial charge is 0.396 e. The molecule has 0 radical (unpaired) electrons. The van der Waals surface area contributed by atoms with Gasteiger partial charge in [0.2, 0.25) is 0 Å². The van der Waals surface area contributed by atoms with E-state index in [1.165, 1.54) is 0 Å². The number of halogens is 1. The average Bonchev–Trinajstić information content (AvgIpc) is 2.30. The third-order valence-electron chi connectivity index (χ3n) is 2.09. The molecule has 0 bridgehead atoms. The molecule has 16 heavy (non-hydrogen) atoms. The van der Waals surface area contributed by atoms with E-state index in [1.54, 1.807) is 12.3 Å². The van der Waals surface area contributed by atoms with Crippen molar-refractivity contribution in [3.63, 3.8) is 0 Å². The average molecular weight is 236 g/mol. The van der Waals surface area contributed by atoms with Gasteiger partial charge in [0.1, 0.15) is 0 Å². The molecule has 82 valence electrons. The number of aromatic nitrogens is 3. The number of hydrogen-bond acceptors (Lipinski definition) is 4. The first kappa shape index (κ1) is 11.0. The highest BCUT2D eigenvalue weighted by molar-refractivity contribution is 6.33. The van der Waals surface area contributed by atoms with Gasteiger partial charge in [-0.1, -0.05) is 29.8 Å². The number of aliphatic hydroxyl groups excluding tert-OH is 1. The van der Waals surface area contributed by atoms with Gasteiger partial charge in [-0.2, -0.15) is 5.10 Å². The van der Waals surface area contributed by atoms with Gasteiger partial charge in [0.15, 0.2) is 5.82 Å². The molecular formula is C11H10ClN3O. The highest BCUT2D eigenvalue weighted by atomic mass is 35.5. The molecule has 0 atom stereocenters. The predicted octanol–water partition coefficient (Wildman–Crippen LogP) is 1.73. The summed E-state index contributed by atoms with van der Waals surface area (Å²) in [7, 11) is 0. The van der Waals surface area contributed by atoms with Crippen molar-refractivity contribution in [1.82, 2.24) is 15.2 Å². The van der Waals surface area contributed by atoms with Crippen LogP contribution in [0.2, 0.25) is 5.02 Å². The third kappa shape index (κ3) is 2.35. The first-order chi connectivity index (χ1) is 7.81. The topological polar surface area (TPSA) is 58.9 Å². The molecule has 0 amide bonds. The molecule has 0 saturated heterocycles. The zero-order valence-corrected chi connectivity index (χ0v) is 9.22. The first-order valence-corrected chi connectivity index (χ1v) is 5.23. The number of benzene rings is 1. The van der Waals surface area contributed by atoms with Crippen molar-refractivity contribution in [3.8, 4) is 11.3 Å². The van der Waals surface area contributed by atoms with Crippen LogP contribution in [0, 0.1) is 0 Å². The summed E-state index contributed by atoms with van der Waals surface area (Å²) in [5.41, 5.74) is 1.49. The van der Waals surface area contributed by atoms with E-state index >= 15 is 0 Å². The fourth-order valence-corrected chi connectivity index (χ4v) is 1.58. The van der Waals surface area contributed by atoms with E-state index in [0.717, 1.165) is 5.56 Å².